The van der Waals surface area contributed by atoms with Crippen LogP contribution in [0, 0.1) is 0 Å². The van der Waals surface area contributed by atoms with Crippen molar-refractivity contribution >= 4 is 35.3 Å². The maximum atomic E-state index is 9.02. The van der Waals surface area contributed by atoms with E-state index in [9.17, 15) is 0 Å². The maximum absolute atomic E-state index is 9.02. The summed E-state index contributed by atoms with van der Waals surface area (Å²) in [6, 6.07) is 8.31. The molecule has 33 heavy (non-hydrogen) atoms. The molecule has 0 saturated carbocycles. The minimum atomic E-state index is 0.102. The van der Waals surface area contributed by atoms with Gasteiger partial charge in [-0.05, 0) is 36.6 Å². The minimum absolute atomic E-state index is 0.102. The Morgan fingerprint density at radius 1 is 1.12 bits per heavy atom. The van der Waals surface area contributed by atoms with Crippen molar-refractivity contribution in [2.45, 2.75) is 11.3 Å². The summed E-state index contributed by atoms with van der Waals surface area (Å²) in [5, 5.41) is 9.02. The number of nitrogens with two attached hydrogens (primary N) is 1. The van der Waals surface area contributed by atoms with Gasteiger partial charge in [0.25, 0.3) is 0 Å². The largest absolute Gasteiger partial charge is 0.395 e. The highest BCUT2D eigenvalue weighted by Crippen LogP contribution is 2.39. The molecule has 0 amide bonds. The molecule has 0 radical (unpaired) electrons. The van der Waals surface area contributed by atoms with Crippen molar-refractivity contribution in [1.82, 2.24) is 24.7 Å². The summed E-state index contributed by atoms with van der Waals surface area (Å²) in [5.74, 6) is 1.83. The number of aliphatic hydroxyl groups excluding tert-OH is 1. The molecule has 5 rings (SSSR count). The number of nitrogens with zero attached hydrogens (tertiary/aromatic N) is 6. The molecule has 0 bridgehead atoms. The first-order valence-corrected chi connectivity index (χ1v) is 11.7. The number of nitrogen functional groups attached to an aromatic ring is 1. The lowest BCUT2D eigenvalue weighted by Crippen LogP contribution is -2.37. The second-order valence-corrected chi connectivity index (χ2v) is 8.69. The number of fused-ring (bicyclic) bond motifs is 1. The third-order valence-electron chi connectivity index (χ3n) is 5.59. The number of rotatable bonds is 7. The highest BCUT2D eigenvalue weighted by atomic mass is 32.2. The van der Waals surface area contributed by atoms with E-state index in [1.54, 1.807) is 12.4 Å². The third kappa shape index (κ3) is 4.71. The minimum Gasteiger partial charge on any atom is -0.395 e. The number of morpholine rings is 1. The van der Waals surface area contributed by atoms with Gasteiger partial charge in [0, 0.05) is 60.3 Å². The lowest BCUT2D eigenvalue weighted by atomic mass is 10.1. The van der Waals surface area contributed by atoms with Crippen molar-refractivity contribution in [2.24, 2.45) is 0 Å². The van der Waals surface area contributed by atoms with Crippen molar-refractivity contribution in [3.05, 3.63) is 42.2 Å². The molecule has 0 aliphatic carbocycles. The highest BCUT2D eigenvalue weighted by molar-refractivity contribution is 7.97. The number of aromatic nitrogens is 4. The lowest BCUT2D eigenvalue weighted by molar-refractivity contribution is 0.122. The number of aliphatic hydroxyl groups is 1. The second-order valence-electron chi connectivity index (χ2n) is 7.72. The third-order valence-corrected chi connectivity index (χ3v) is 6.42. The Bertz CT molecular complexity index is 1110. The van der Waals surface area contributed by atoms with Gasteiger partial charge in [0.2, 0.25) is 11.9 Å². The molecule has 2 aliphatic heterocycles. The molecule has 0 spiro atoms. The van der Waals surface area contributed by atoms with Crippen molar-refractivity contribution in [2.75, 3.05) is 61.5 Å². The smallest absolute Gasteiger partial charge is 0.228 e. The monoisotopic (exact) mass is 466 g/mol. The Morgan fingerprint density at radius 2 is 1.94 bits per heavy atom. The van der Waals surface area contributed by atoms with Crippen molar-refractivity contribution < 1.29 is 9.84 Å². The van der Waals surface area contributed by atoms with Crippen LogP contribution in [-0.4, -0.2) is 71.0 Å². The van der Waals surface area contributed by atoms with Gasteiger partial charge in [0.05, 0.1) is 25.5 Å². The first kappa shape index (κ1) is 21.8. The summed E-state index contributed by atoms with van der Waals surface area (Å²) < 4.78 is 8.68. The van der Waals surface area contributed by atoms with Crippen LogP contribution in [0.2, 0.25) is 0 Å². The van der Waals surface area contributed by atoms with Crippen molar-refractivity contribution in [1.29, 1.82) is 0 Å². The van der Waals surface area contributed by atoms with Crippen LogP contribution in [-0.2, 0) is 11.2 Å². The molecule has 172 valence electrons. The van der Waals surface area contributed by atoms with Gasteiger partial charge in [-0.15, -0.1) is 0 Å². The summed E-state index contributed by atoms with van der Waals surface area (Å²) in [4.78, 5) is 23.8. The van der Waals surface area contributed by atoms with E-state index in [0.29, 0.717) is 25.7 Å². The summed E-state index contributed by atoms with van der Waals surface area (Å²) in [7, 11) is 0. The van der Waals surface area contributed by atoms with Crippen LogP contribution in [0.1, 0.15) is 5.56 Å². The summed E-state index contributed by atoms with van der Waals surface area (Å²) >= 11 is 1.51. The number of ether oxygens (including phenoxy) is 1. The highest BCUT2D eigenvalue weighted by Gasteiger charge is 2.29. The average molecular weight is 467 g/mol. The van der Waals surface area contributed by atoms with Gasteiger partial charge in [-0.2, -0.15) is 4.98 Å². The molecule has 10 nitrogen and oxygen atoms in total. The fraction of sp³-hybridized carbons (Fsp3) is 0.364. The van der Waals surface area contributed by atoms with Gasteiger partial charge >= 0.3 is 0 Å². The van der Waals surface area contributed by atoms with Gasteiger partial charge in [-0.25, -0.2) is 15.0 Å². The summed E-state index contributed by atoms with van der Waals surface area (Å²) in [6.07, 6.45) is 4.26. The molecule has 2 aliphatic rings. The molecular formula is C22H26N8O2S. The van der Waals surface area contributed by atoms with E-state index in [1.807, 2.05) is 12.1 Å². The van der Waals surface area contributed by atoms with Gasteiger partial charge in [-0.1, -0.05) is 6.07 Å². The zero-order chi connectivity index (χ0) is 22.6. The molecule has 0 unspecified atom stereocenters. The quantitative estimate of drug-likeness (QED) is 0.347. The molecule has 0 atom stereocenters. The number of hydrogen-bond donors (Lipinski definition) is 3. The summed E-state index contributed by atoms with van der Waals surface area (Å²) in [5.41, 5.74) is 9.54. The van der Waals surface area contributed by atoms with E-state index in [0.717, 1.165) is 59.3 Å². The molecule has 1 aromatic carbocycles. The van der Waals surface area contributed by atoms with Crippen LogP contribution in [0.15, 0.2) is 41.6 Å². The fourth-order valence-electron chi connectivity index (χ4n) is 3.99. The van der Waals surface area contributed by atoms with Crippen LogP contribution in [0.4, 0.5) is 23.4 Å². The standard InChI is InChI=1S/C22H26N8O2S/c23-21-24-13-15(14-25-21)19-18-4-6-30(16-2-1-3-17(12-16)33-26-5-9-31)20(18)28-22(27-19)29-7-10-32-11-8-29/h1-3,12-14,26,31H,4-11H2,(H2,23,24,25). The Labute approximate surface area is 196 Å². The molecule has 3 aromatic rings. The van der Waals surface area contributed by atoms with Gasteiger partial charge < -0.3 is 25.4 Å². The molecule has 4 N–H and O–H groups in total. The molecule has 1 saturated heterocycles. The normalized spacial score (nSPS) is 15.7. The number of anilines is 4. The predicted octanol–water partition coefficient (Wildman–Crippen LogP) is 1.64. The van der Waals surface area contributed by atoms with Crippen molar-refractivity contribution in [3.8, 4) is 11.3 Å². The number of nitrogens with one attached hydrogen (secondary N) is 1. The van der Waals surface area contributed by atoms with Crippen LogP contribution in [0.5, 0.6) is 0 Å². The van der Waals surface area contributed by atoms with Gasteiger partial charge in [-0.3, -0.25) is 4.72 Å². The summed E-state index contributed by atoms with van der Waals surface area (Å²) in [6.45, 7) is 4.25. The fourth-order valence-corrected chi connectivity index (χ4v) is 4.68. The van der Waals surface area contributed by atoms with Crippen LogP contribution < -0.4 is 20.3 Å². The van der Waals surface area contributed by atoms with E-state index >= 15 is 0 Å². The van der Waals surface area contributed by atoms with Gasteiger partial charge in [0.15, 0.2) is 0 Å². The van der Waals surface area contributed by atoms with E-state index in [-0.39, 0.29) is 12.6 Å². The first-order valence-electron chi connectivity index (χ1n) is 10.9. The van der Waals surface area contributed by atoms with E-state index in [2.05, 4.69) is 36.6 Å². The molecule has 4 heterocycles. The van der Waals surface area contributed by atoms with Crippen LogP contribution in [0.3, 0.4) is 0 Å². The van der Waals surface area contributed by atoms with E-state index in [4.69, 9.17) is 25.5 Å². The molecule has 2 aromatic heterocycles. The van der Waals surface area contributed by atoms with Crippen LogP contribution >= 0.6 is 11.9 Å². The molecule has 11 heteroatoms. The Balaban J connectivity index is 1.54. The average Bonchev–Trinajstić information content (AvgIpc) is 3.29. The van der Waals surface area contributed by atoms with Gasteiger partial charge in [0.1, 0.15) is 5.82 Å². The number of benzene rings is 1. The maximum Gasteiger partial charge on any atom is 0.228 e. The zero-order valence-electron chi connectivity index (χ0n) is 18.1. The molecular weight excluding hydrogens is 440 g/mol. The lowest BCUT2D eigenvalue weighted by Gasteiger charge is -2.28. The van der Waals surface area contributed by atoms with Crippen molar-refractivity contribution in [3.63, 3.8) is 0 Å². The topological polar surface area (TPSA) is 126 Å². The zero-order valence-corrected chi connectivity index (χ0v) is 19.0. The molecule has 1 fully saturated rings. The van der Waals surface area contributed by atoms with Crippen LogP contribution in [0.25, 0.3) is 11.3 Å². The van der Waals surface area contributed by atoms with E-state index in [1.165, 1.54) is 11.9 Å². The predicted molar refractivity (Wildman–Crippen MR) is 129 cm³/mol. The SMILES string of the molecule is Nc1ncc(-c2nc(N3CCOCC3)nc3c2CCN3c2cccc(SNCCO)c2)cn1. The first-order chi connectivity index (χ1) is 16.2. The Hall–Kier alpha value is -2.99. The Kier molecular flexibility index (Phi) is 6.53. The Morgan fingerprint density at radius 3 is 2.73 bits per heavy atom. The van der Waals surface area contributed by atoms with E-state index < -0.39 is 0 Å². The number of hydrogen-bond acceptors (Lipinski definition) is 11. The second kappa shape index (κ2) is 9.87.